The van der Waals surface area contributed by atoms with E-state index in [4.69, 9.17) is 5.73 Å². The van der Waals surface area contributed by atoms with Crippen LogP contribution in [0.1, 0.15) is 38.2 Å². The Bertz CT molecular complexity index is 363. The molecule has 1 aromatic rings. The first-order valence-electron chi connectivity index (χ1n) is 7.73. The topological polar surface area (TPSA) is 29.3 Å². The SMILES string of the molecule is CCc1ccc(N(C)CC2CCC(CN)CC2)cc1. The van der Waals surface area contributed by atoms with E-state index in [1.165, 1.54) is 43.5 Å². The lowest BCUT2D eigenvalue weighted by Gasteiger charge is -2.31. The fourth-order valence-corrected chi connectivity index (χ4v) is 3.13. The van der Waals surface area contributed by atoms with E-state index in [9.17, 15) is 0 Å². The molecule has 2 heteroatoms. The van der Waals surface area contributed by atoms with Crippen molar-refractivity contribution >= 4 is 5.69 Å². The van der Waals surface area contributed by atoms with Gasteiger partial charge < -0.3 is 10.6 Å². The van der Waals surface area contributed by atoms with Gasteiger partial charge in [0.1, 0.15) is 0 Å². The van der Waals surface area contributed by atoms with Crippen LogP contribution >= 0.6 is 0 Å². The highest BCUT2D eigenvalue weighted by atomic mass is 15.1. The second-order valence-corrected chi connectivity index (χ2v) is 6.02. The Hall–Kier alpha value is -1.02. The molecule has 0 amide bonds. The summed E-state index contributed by atoms with van der Waals surface area (Å²) in [4.78, 5) is 2.41. The van der Waals surface area contributed by atoms with Crippen molar-refractivity contribution < 1.29 is 0 Å². The fraction of sp³-hybridized carbons (Fsp3) is 0.647. The molecule has 0 bridgehead atoms. The van der Waals surface area contributed by atoms with Crippen LogP contribution < -0.4 is 10.6 Å². The van der Waals surface area contributed by atoms with E-state index in [2.05, 4.69) is 43.1 Å². The van der Waals surface area contributed by atoms with Crippen molar-refractivity contribution in [3.8, 4) is 0 Å². The van der Waals surface area contributed by atoms with E-state index in [1.807, 2.05) is 0 Å². The van der Waals surface area contributed by atoms with Gasteiger partial charge in [-0.25, -0.2) is 0 Å². The molecule has 0 aliphatic heterocycles. The molecule has 0 aromatic heterocycles. The van der Waals surface area contributed by atoms with Gasteiger partial charge in [-0.2, -0.15) is 0 Å². The molecule has 106 valence electrons. The quantitative estimate of drug-likeness (QED) is 0.878. The van der Waals surface area contributed by atoms with Crippen LogP contribution in [0, 0.1) is 11.8 Å². The van der Waals surface area contributed by atoms with E-state index in [1.54, 1.807) is 0 Å². The summed E-state index contributed by atoms with van der Waals surface area (Å²) in [6.07, 6.45) is 6.46. The van der Waals surface area contributed by atoms with Gasteiger partial charge >= 0.3 is 0 Å². The molecule has 0 heterocycles. The lowest BCUT2D eigenvalue weighted by molar-refractivity contribution is 0.283. The van der Waals surface area contributed by atoms with Gasteiger partial charge in [-0.15, -0.1) is 0 Å². The Morgan fingerprint density at radius 2 is 1.63 bits per heavy atom. The molecule has 0 unspecified atom stereocenters. The molecule has 0 spiro atoms. The van der Waals surface area contributed by atoms with E-state index >= 15 is 0 Å². The third kappa shape index (κ3) is 3.97. The van der Waals surface area contributed by atoms with Crippen molar-refractivity contribution in [3.05, 3.63) is 29.8 Å². The van der Waals surface area contributed by atoms with Crippen molar-refractivity contribution in [1.29, 1.82) is 0 Å². The second-order valence-electron chi connectivity index (χ2n) is 6.02. The molecule has 0 atom stereocenters. The summed E-state index contributed by atoms with van der Waals surface area (Å²) in [6.45, 7) is 4.26. The van der Waals surface area contributed by atoms with Gasteiger partial charge in [-0.05, 0) is 68.2 Å². The van der Waals surface area contributed by atoms with Gasteiger partial charge in [0.05, 0.1) is 0 Å². The fourth-order valence-electron chi connectivity index (χ4n) is 3.13. The summed E-state index contributed by atoms with van der Waals surface area (Å²) < 4.78 is 0. The van der Waals surface area contributed by atoms with Crippen molar-refractivity contribution in [2.75, 3.05) is 25.0 Å². The summed E-state index contributed by atoms with van der Waals surface area (Å²) in [6, 6.07) is 9.00. The summed E-state index contributed by atoms with van der Waals surface area (Å²) in [5.41, 5.74) is 8.52. The summed E-state index contributed by atoms with van der Waals surface area (Å²) in [7, 11) is 2.22. The van der Waals surface area contributed by atoms with Crippen molar-refractivity contribution in [2.45, 2.75) is 39.0 Å². The van der Waals surface area contributed by atoms with Crippen LogP contribution in [-0.2, 0) is 6.42 Å². The molecule has 2 rings (SSSR count). The maximum Gasteiger partial charge on any atom is 0.0363 e. The minimum Gasteiger partial charge on any atom is -0.374 e. The Balaban J connectivity index is 1.85. The maximum atomic E-state index is 5.76. The van der Waals surface area contributed by atoms with Crippen LogP contribution in [0.4, 0.5) is 5.69 Å². The molecule has 1 aliphatic carbocycles. The maximum absolute atomic E-state index is 5.76. The smallest absolute Gasteiger partial charge is 0.0363 e. The first-order valence-corrected chi connectivity index (χ1v) is 7.73. The second kappa shape index (κ2) is 6.95. The van der Waals surface area contributed by atoms with Crippen LogP contribution in [-0.4, -0.2) is 20.1 Å². The molecule has 1 aromatic carbocycles. The monoisotopic (exact) mass is 260 g/mol. The average molecular weight is 260 g/mol. The van der Waals surface area contributed by atoms with Gasteiger partial charge in [0.15, 0.2) is 0 Å². The molecular weight excluding hydrogens is 232 g/mol. The Labute approximate surface area is 118 Å². The van der Waals surface area contributed by atoms with Crippen molar-refractivity contribution in [1.82, 2.24) is 0 Å². The van der Waals surface area contributed by atoms with Crippen LogP contribution in [0.3, 0.4) is 0 Å². The normalized spacial score (nSPS) is 23.3. The number of nitrogens with zero attached hydrogens (tertiary/aromatic N) is 1. The highest BCUT2D eigenvalue weighted by molar-refractivity contribution is 5.46. The predicted molar refractivity (Wildman–Crippen MR) is 83.6 cm³/mol. The largest absolute Gasteiger partial charge is 0.374 e. The number of rotatable bonds is 5. The molecule has 1 aliphatic rings. The molecule has 2 N–H and O–H groups in total. The zero-order valence-electron chi connectivity index (χ0n) is 12.4. The van der Waals surface area contributed by atoms with E-state index in [0.717, 1.165) is 24.8 Å². The van der Waals surface area contributed by atoms with Crippen LogP contribution in [0.25, 0.3) is 0 Å². The minimum absolute atomic E-state index is 0.783. The van der Waals surface area contributed by atoms with Gasteiger partial charge in [0.2, 0.25) is 0 Å². The highest BCUT2D eigenvalue weighted by Gasteiger charge is 2.21. The first kappa shape index (κ1) is 14.4. The molecule has 1 fully saturated rings. The van der Waals surface area contributed by atoms with Crippen molar-refractivity contribution in [3.63, 3.8) is 0 Å². The number of anilines is 1. The lowest BCUT2D eigenvalue weighted by atomic mass is 9.82. The Kier molecular flexibility index (Phi) is 5.26. The highest BCUT2D eigenvalue weighted by Crippen LogP contribution is 2.29. The summed E-state index contributed by atoms with van der Waals surface area (Å²) in [5, 5.41) is 0. The summed E-state index contributed by atoms with van der Waals surface area (Å²) >= 11 is 0. The molecule has 2 nitrogen and oxygen atoms in total. The minimum atomic E-state index is 0.783. The van der Waals surface area contributed by atoms with Crippen LogP contribution in [0.2, 0.25) is 0 Å². The van der Waals surface area contributed by atoms with Gasteiger partial charge in [0.25, 0.3) is 0 Å². The third-order valence-electron chi connectivity index (χ3n) is 4.62. The van der Waals surface area contributed by atoms with E-state index in [0.29, 0.717) is 0 Å². The van der Waals surface area contributed by atoms with E-state index in [-0.39, 0.29) is 0 Å². The zero-order chi connectivity index (χ0) is 13.7. The standard InChI is InChI=1S/C17H28N2/c1-3-14-8-10-17(11-9-14)19(2)13-16-6-4-15(12-18)5-7-16/h8-11,15-16H,3-7,12-13,18H2,1-2H3. The zero-order valence-corrected chi connectivity index (χ0v) is 12.4. The van der Waals surface area contributed by atoms with E-state index < -0.39 is 0 Å². The first-order chi connectivity index (χ1) is 9.22. The summed E-state index contributed by atoms with van der Waals surface area (Å²) in [5.74, 6) is 1.63. The van der Waals surface area contributed by atoms with Crippen molar-refractivity contribution in [2.24, 2.45) is 17.6 Å². The van der Waals surface area contributed by atoms with Gasteiger partial charge in [-0.1, -0.05) is 19.1 Å². The number of hydrogen-bond donors (Lipinski definition) is 1. The molecular formula is C17H28N2. The third-order valence-corrected chi connectivity index (χ3v) is 4.62. The number of nitrogens with two attached hydrogens (primary N) is 1. The average Bonchev–Trinajstić information content (AvgIpc) is 2.48. The predicted octanol–water partition coefficient (Wildman–Crippen LogP) is 3.45. The molecule has 19 heavy (non-hydrogen) atoms. The number of benzene rings is 1. The van der Waals surface area contributed by atoms with Crippen LogP contribution in [0.5, 0.6) is 0 Å². The Morgan fingerprint density at radius 1 is 1.05 bits per heavy atom. The molecule has 0 saturated heterocycles. The molecule has 0 radical (unpaired) electrons. The lowest BCUT2D eigenvalue weighted by Crippen LogP contribution is -2.30. The van der Waals surface area contributed by atoms with Crippen LogP contribution in [0.15, 0.2) is 24.3 Å². The Morgan fingerprint density at radius 3 is 2.16 bits per heavy atom. The van der Waals surface area contributed by atoms with Gasteiger partial charge in [0, 0.05) is 19.3 Å². The number of aryl methyl sites for hydroxylation is 1. The molecule has 1 saturated carbocycles. The number of hydrogen-bond acceptors (Lipinski definition) is 2. The van der Waals surface area contributed by atoms with Gasteiger partial charge in [-0.3, -0.25) is 0 Å².